The molecule has 0 atom stereocenters. The minimum absolute atomic E-state index is 0. The maximum atomic E-state index is 14.4. The first-order valence-electron chi connectivity index (χ1n) is 9.47. The molecule has 0 amide bonds. The quantitative estimate of drug-likeness (QED) is 0.356. The number of rotatable bonds is 4. The van der Waals surface area contributed by atoms with Crippen LogP contribution in [0.3, 0.4) is 0 Å². The van der Waals surface area contributed by atoms with E-state index in [9.17, 15) is 22.0 Å². The van der Waals surface area contributed by atoms with Gasteiger partial charge in [0.1, 0.15) is 5.75 Å². The molecule has 0 heterocycles. The third-order valence-electron chi connectivity index (χ3n) is 6.19. The fraction of sp³-hybridized carbons (Fsp3) is 0.727. The van der Waals surface area contributed by atoms with Crippen LogP contribution in [0.1, 0.15) is 76.0 Å². The summed E-state index contributed by atoms with van der Waals surface area (Å²) in [6, 6.07) is 0.919. The van der Waals surface area contributed by atoms with Crippen molar-refractivity contribution in [2.45, 2.75) is 79.3 Å². The van der Waals surface area contributed by atoms with Gasteiger partial charge in [-0.1, -0.05) is 34.6 Å². The van der Waals surface area contributed by atoms with Crippen molar-refractivity contribution in [2.75, 3.05) is 0 Å². The zero-order valence-corrected chi connectivity index (χ0v) is 14.9. The van der Waals surface area contributed by atoms with Gasteiger partial charge < -0.3 is 4.74 Å². The number of hydrogen-bond acceptors (Lipinski definition) is 1. The molecule has 1 aromatic rings. The molecule has 2 saturated carbocycles. The van der Waals surface area contributed by atoms with Gasteiger partial charge in [-0.15, -0.1) is 0 Å². The molecule has 0 bridgehead atoms. The van der Waals surface area contributed by atoms with Crippen LogP contribution < -0.4 is 4.74 Å². The van der Waals surface area contributed by atoms with Crippen LogP contribution in [-0.4, -0.2) is 6.11 Å². The minimum atomic E-state index is -3.53. The number of halogens is 5. The second-order valence-electron chi connectivity index (χ2n) is 8.00. The number of ether oxygens (including phenoxy) is 1. The number of hydrogen-bond donors (Lipinski definition) is 0. The van der Waals surface area contributed by atoms with Crippen LogP contribution in [0.25, 0.3) is 0 Å². The maximum absolute atomic E-state index is 14.4. The molecule has 0 radical (unpaired) electrons. The summed E-state index contributed by atoms with van der Waals surface area (Å²) >= 11 is 0. The van der Waals surface area contributed by atoms with Gasteiger partial charge in [0.2, 0.25) is 0 Å². The van der Waals surface area contributed by atoms with E-state index in [0.717, 1.165) is 18.8 Å². The molecule has 1 nitrogen and oxygen atoms in total. The van der Waals surface area contributed by atoms with E-state index in [-0.39, 0.29) is 17.7 Å². The molecule has 2 fully saturated rings. The second kappa shape index (κ2) is 9.93. The van der Waals surface area contributed by atoms with Crippen molar-refractivity contribution in [2.24, 2.45) is 23.7 Å². The van der Waals surface area contributed by atoms with Crippen molar-refractivity contribution >= 4 is 0 Å². The van der Waals surface area contributed by atoms with Crippen molar-refractivity contribution < 1.29 is 29.5 Å². The van der Waals surface area contributed by atoms with Gasteiger partial charge in [-0.05, 0) is 56.3 Å². The normalized spacial score (nSPS) is 28.1. The van der Waals surface area contributed by atoms with E-state index in [2.05, 4.69) is 11.7 Å². The Morgan fingerprint density at radius 2 is 1.25 bits per heavy atom. The van der Waals surface area contributed by atoms with Gasteiger partial charge in [0, 0.05) is 15.0 Å². The summed E-state index contributed by atoms with van der Waals surface area (Å²) < 4.78 is 72.8. The van der Waals surface area contributed by atoms with Gasteiger partial charge >= 0.3 is 6.11 Å². The molecule has 2 aliphatic rings. The highest BCUT2D eigenvalue weighted by Gasteiger charge is 2.45. The van der Waals surface area contributed by atoms with Crippen molar-refractivity contribution in [3.63, 3.8) is 0 Å². The summed E-state index contributed by atoms with van der Waals surface area (Å²) in [4.78, 5) is 0. The monoisotopic (exact) mass is 412 g/mol. The van der Waals surface area contributed by atoms with Crippen LogP contribution in [0.5, 0.6) is 5.75 Å². The molecule has 0 N–H and O–H groups in total. The second-order valence-corrected chi connectivity index (χ2v) is 8.00. The first kappa shape index (κ1) is 24.7. The first-order valence-corrected chi connectivity index (χ1v) is 9.47. The highest BCUT2D eigenvalue weighted by atomic mass is 19.3. The van der Waals surface area contributed by atoms with Crippen LogP contribution >= 0.6 is 0 Å². The summed E-state index contributed by atoms with van der Waals surface area (Å²) in [6.07, 6.45) is 3.38. The fourth-order valence-corrected chi connectivity index (χ4v) is 4.52. The van der Waals surface area contributed by atoms with E-state index < -0.39 is 35.2 Å². The molecular weight excluding hydrogens is 375 g/mol. The molecule has 0 spiro atoms. The SMILES string of the molecule is C.C.CC1CCC(C2CCC(C(F)(F)Oc3cc(F)c(F)c(F)c3)CC2)CC1.[HH].[HH]. The van der Waals surface area contributed by atoms with Crippen LogP contribution in [0.4, 0.5) is 22.0 Å². The van der Waals surface area contributed by atoms with Crippen LogP contribution in [-0.2, 0) is 0 Å². The lowest BCUT2D eigenvalue weighted by atomic mass is 9.69. The smallest absolute Gasteiger partial charge is 0.400 e. The van der Waals surface area contributed by atoms with E-state index >= 15 is 0 Å². The first-order chi connectivity index (χ1) is 12.3. The van der Waals surface area contributed by atoms with Crippen molar-refractivity contribution in [3.05, 3.63) is 29.6 Å². The summed E-state index contributed by atoms with van der Waals surface area (Å²) in [5.41, 5.74) is 0. The molecule has 0 aliphatic heterocycles. The standard InChI is InChI=1S/C20H25F5O.2CH4.2H2/c1-12-2-4-13(5-3-12)14-6-8-15(9-7-14)20(24,25)26-16-10-17(21)19(23)18(22)11-16;;;;/h10-15H,2-9H2,1H3;2*1H4;2*1H. The van der Waals surface area contributed by atoms with Crippen LogP contribution in [0.2, 0.25) is 0 Å². The lowest BCUT2D eigenvalue weighted by Gasteiger charge is -2.38. The van der Waals surface area contributed by atoms with Gasteiger partial charge in [-0.2, -0.15) is 8.78 Å². The number of alkyl halides is 2. The molecule has 6 heteroatoms. The Hall–Kier alpha value is -1.33. The van der Waals surface area contributed by atoms with Gasteiger partial charge in [0.25, 0.3) is 0 Å². The highest BCUT2D eigenvalue weighted by molar-refractivity contribution is 5.25. The van der Waals surface area contributed by atoms with E-state index in [1.165, 1.54) is 25.7 Å². The molecule has 166 valence electrons. The lowest BCUT2D eigenvalue weighted by molar-refractivity contribution is -0.224. The topological polar surface area (TPSA) is 9.23 Å². The van der Waals surface area contributed by atoms with Crippen molar-refractivity contribution in [1.82, 2.24) is 0 Å². The van der Waals surface area contributed by atoms with Gasteiger partial charge in [-0.25, -0.2) is 13.2 Å². The Morgan fingerprint density at radius 3 is 1.71 bits per heavy atom. The molecule has 0 unspecified atom stereocenters. The van der Waals surface area contributed by atoms with E-state index in [1.807, 2.05) is 0 Å². The molecule has 1 aromatic carbocycles. The summed E-state index contributed by atoms with van der Waals surface area (Å²) in [7, 11) is 0. The molecule has 28 heavy (non-hydrogen) atoms. The largest absolute Gasteiger partial charge is 0.432 e. The Balaban J connectivity index is 0. The minimum Gasteiger partial charge on any atom is -0.432 e. The van der Waals surface area contributed by atoms with E-state index in [0.29, 0.717) is 36.8 Å². The van der Waals surface area contributed by atoms with Crippen molar-refractivity contribution in [3.8, 4) is 5.75 Å². The molecule has 2 aliphatic carbocycles. The third-order valence-corrected chi connectivity index (χ3v) is 6.19. The lowest BCUT2D eigenvalue weighted by Crippen LogP contribution is -2.38. The van der Waals surface area contributed by atoms with Crippen molar-refractivity contribution in [1.29, 1.82) is 0 Å². The highest BCUT2D eigenvalue weighted by Crippen LogP contribution is 2.45. The molecular formula is C22H37F5O. The fourth-order valence-electron chi connectivity index (χ4n) is 4.52. The third kappa shape index (κ3) is 5.60. The average molecular weight is 413 g/mol. The van der Waals surface area contributed by atoms with Gasteiger partial charge in [0.05, 0.1) is 5.92 Å². The van der Waals surface area contributed by atoms with Crippen LogP contribution in [0.15, 0.2) is 12.1 Å². The van der Waals surface area contributed by atoms with E-state index in [1.54, 1.807) is 0 Å². The Bertz CT molecular complexity index is 605. The summed E-state index contributed by atoms with van der Waals surface area (Å²) in [5.74, 6) is -4.57. The Labute approximate surface area is 168 Å². The van der Waals surface area contributed by atoms with Gasteiger partial charge in [0.15, 0.2) is 17.5 Å². The predicted octanol–water partition coefficient (Wildman–Crippen LogP) is 8.47. The maximum Gasteiger partial charge on any atom is 0.400 e. The van der Waals surface area contributed by atoms with E-state index in [4.69, 9.17) is 0 Å². The van der Waals surface area contributed by atoms with Gasteiger partial charge in [-0.3, -0.25) is 0 Å². The zero-order chi connectivity index (χ0) is 18.9. The zero-order valence-electron chi connectivity index (χ0n) is 14.9. The average Bonchev–Trinajstić information content (AvgIpc) is 2.60. The Kier molecular flexibility index (Phi) is 8.76. The molecule has 3 rings (SSSR count). The molecule has 0 saturated heterocycles. The molecule has 0 aromatic heterocycles. The summed E-state index contributed by atoms with van der Waals surface area (Å²) in [5, 5.41) is 0. The van der Waals surface area contributed by atoms with Crippen LogP contribution in [0, 0.1) is 41.1 Å². The Morgan fingerprint density at radius 1 is 0.821 bits per heavy atom. The number of benzene rings is 1. The predicted molar refractivity (Wildman–Crippen MR) is 106 cm³/mol. The summed E-state index contributed by atoms with van der Waals surface area (Å²) in [6.45, 7) is 2.26.